The minimum Gasteiger partial charge on any atom is -0.508 e. The molecule has 0 saturated carbocycles. The number of aryl methyl sites for hydroxylation is 1. The fourth-order valence-corrected chi connectivity index (χ4v) is 4.10. The highest BCUT2D eigenvalue weighted by atomic mass is 16.3. The highest BCUT2D eigenvalue weighted by Gasteiger charge is 2.41. The van der Waals surface area contributed by atoms with Crippen molar-refractivity contribution in [1.82, 2.24) is 9.47 Å². The molecule has 5 rings (SSSR count). The van der Waals surface area contributed by atoms with E-state index in [4.69, 9.17) is 0 Å². The second kappa shape index (κ2) is 4.72. The van der Waals surface area contributed by atoms with Gasteiger partial charge in [-0.3, -0.25) is 9.79 Å². The SMILES string of the molecule is CN1CCc2cn(C)c3c2C1=C1C(c2ccc(O)cc2)=CN=C1C3=O. The predicted molar refractivity (Wildman–Crippen MR) is 96.5 cm³/mol. The van der Waals surface area contributed by atoms with Crippen molar-refractivity contribution in [3.8, 4) is 5.75 Å². The molecule has 5 nitrogen and oxygen atoms in total. The summed E-state index contributed by atoms with van der Waals surface area (Å²) < 4.78 is 1.93. The number of allylic oxidation sites excluding steroid dienone is 2. The molecule has 0 fully saturated rings. The number of likely N-dealkylation sites (N-methyl/N-ethyl adjacent to an activating group) is 1. The number of carbonyl (C=O) groups excluding carboxylic acids is 1. The summed E-state index contributed by atoms with van der Waals surface area (Å²) in [6.07, 6.45) is 4.78. The lowest BCUT2D eigenvalue weighted by molar-refractivity contribution is 0.105. The van der Waals surface area contributed by atoms with Crippen molar-refractivity contribution in [2.75, 3.05) is 13.6 Å². The third kappa shape index (κ3) is 1.78. The lowest BCUT2D eigenvalue weighted by atomic mass is 9.82. The fraction of sp³-hybridized carbons (Fsp3) is 0.200. The average molecular weight is 331 g/mol. The molecule has 0 saturated heterocycles. The van der Waals surface area contributed by atoms with Gasteiger partial charge in [-0.15, -0.1) is 0 Å². The molecule has 2 aliphatic heterocycles. The van der Waals surface area contributed by atoms with Crippen molar-refractivity contribution in [2.45, 2.75) is 6.42 Å². The van der Waals surface area contributed by atoms with Crippen LogP contribution in [0.2, 0.25) is 0 Å². The first-order valence-corrected chi connectivity index (χ1v) is 8.33. The van der Waals surface area contributed by atoms with E-state index in [1.54, 1.807) is 18.3 Å². The highest BCUT2D eigenvalue weighted by Crippen LogP contribution is 2.45. The third-order valence-electron chi connectivity index (χ3n) is 5.27. The maximum absolute atomic E-state index is 13.1. The van der Waals surface area contributed by atoms with Gasteiger partial charge in [0, 0.05) is 49.7 Å². The van der Waals surface area contributed by atoms with Gasteiger partial charge in [0.1, 0.15) is 17.2 Å². The Morgan fingerprint density at radius 1 is 1.16 bits per heavy atom. The number of aliphatic imine (C=N–C) groups is 1. The molecule has 0 atom stereocenters. The van der Waals surface area contributed by atoms with Crippen molar-refractivity contribution in [1.29, 1.82) is 0 Å². The topological polar surface area (TPSA) is 57.8 Å². The van der Waals surface area contributed by atoms with Gasteiger partial charge in [-0.05, 0) is 29.7 Å². The first-order chi connectivity index (χ1) is 12.1. The Hall–Kier alpha value is -3.08. The minimum atomic E-state index is -0.0113. The number of hydrogen-bond donors (Lipinski definition) is 1. The smallest absolute Gasteiger partial charge is 0.229 e. The molecular formula is C20H17N3O2. The third-order valence-corrected chi connectivity index (χ3v) is 5.27. The number of fused-ring (bicyclic) bond motifs is 1. The Kier molecular flexibility index (Phi) is 2.70. The molecule has 3 aliphatic rings. The van der Waals surface area contributed by atoms with Crippen LogP contribution in [0.3, 0.4) is 0 Å². The van der Waals surface area contributed by atoms with E-state index in [2.05, 4.69) is 23.1 Å². The predicted octanol–water partition coefficient (Wildman–Crippen LogP) is 2.62. The normalized spacial score (nSPS) is 18.2. The van der Waals surface area contributed by atoms with Gasteiger partial charge in [-0.25, -0.2) is 0 Å². The Labute approximate surface area is 145 Å². The maximum Gasteiger partial charge on any atom is 0.229 e. The monoisotopic (exact) mass is 331 g/mol. The van der Waals surface area contributed by atoms with Crippen LogP contribution in [-0.2, 0) is 13.5 Å². The average Bonchev–Trinajstić information content (AvgIpc) is 3.17. The van der Waals surface area contributed by atoms with Crippen LogP contribution in [0.4, 0.5) is 0 Å². The standard InChI is InChI=1S/C20H17N3O2/c1-22-8-7-12-10-23(2)19-15(12)18(22)16-14(9-21-17(16)20(19)25)11-3-5-13(24)6-4-11/h3-6,9-10,24H,7-8H2,1-2H3. The highest BCUT2D eigenvalue weighted by molar-refractivity contribution is 6.58. The molecule has 0 amide bonds. The second-order valence-corrected chi connectivity index (χ2v) is 6.78. The number of carbonyl (C=O) groups is 1. The first kappa shape index (κ1) is 14.3. The number of Topliss-reactive ketones (excluding diaryl/α,β-unsaturated/α-hetero) is 1. The van der Waals surface area contributed by atoms with Gasteiger partial charge in [0.15, 0.2) is 0 Å². The van der Waals surface area contributed by atoms with Crippen LogP contribution < -0.4 is 0 Å². The van der Waals surface area contributed by atoms with Crippen LogP contribution in [0.25, 0.3) is 11.3 Å². The molecule has 1 aliphatic carbocycles. The van der Waals surface area contributed by atoms with E-state index < -0.39 is 0 Å². The van der Waals surface area contributed by atoms with Crippen molar-refractivity contribution < 1.29 is 9.90 Å². The fourth-order valence-electron chi connectivity index (χ4n) is 4.10. The van der Waals surface area contributed by atoms with Crippen LogP contribution >= 0.6 is 0 Å². The molecule has 0 bridgehead atoms. The molecular weight excluding hydrogens is 314 g/mol. The molecule has 0 radical (unpaired) electrons. The zero-order chi connectivity index (χ0) is 17.3. The van der Waals surface area contributed by atoms with Crippen LogP contribution in [0.1, 0.15) is 27.2 Å². The summed E-state index contributed by atoms with van der Waals surface area (Å²) >= 11 is 0. The van der Waals surface area contributed by atoms with Crippen LogP contribution in [0, 0.1) is 0 Å². The largest absolute Gasteiger partial charge is 0.508 e. The summed E-state index contributed by atoms with van der Waals surface area (Å²) in [6, 6.07) is 7.05. The summed E-state index contributed by atoms with van der Waals surface area (Å²) in [5.41, 5.74) is 7.43. The van der Waals surface area contributed by atoms with E-state index >= 15 is 0 Å². The second-order valence-electron chi connectivity index (χ2n) is 6.78. The summed E-state index contributed by atoms with van der Waals surface area (Å²) in [5, 5.41) is 9.57. The Balaban J connectivity index is 1.80. The van der Waals surface area contributed by atoms with Crippen molar-refractivity contribution in [3.63, 3.8) is 0 Å². The molecule has 124 valence electrons. The van der Waals surface area contributed by atoms with Crippen molar-refractivity contribution in [3.05, 3.63) is 64.6 Å². The number of hydrogen-bond acceptors (Lipinski definition) is 4. The number of aromatic nitrogens is 1. The number of ketones is 1. The van der Waals surface area contributed by atoms with Gasteiger partial charge in [0.25, 0.3) is 0 Å². The summed E-state index contributed by atoms with van der Waals surface area (Å²) in [6.45, 7) is 0.916. The van der Waals surface area contributed by atoms with Crippen LogP contribution in [0.5, 0.6) is 5.75 Å². The number of phenols is 1. The molecule has 1 aromatic carbocycles. The van der Waals surface area contributed by atoms with Gasteiger partial charge >= 0.3 is 0 Å². The number of phenolic OH excluding ortho intramolecular Hbond substituents is 1. The van der Waals surface area contributed by atoms with E-state index in [9.17, 15) is 9.90 Å². The van der Waals surface area contributed by atoms with Gasteiger partial charge in [-0.2, -0.15) is 0 Å². The van der Waals surface area contributed by atoms with Crippen LogP contribution in [-0.4, -0.2) is 39.7 Å². The molecule has 25 heavy (non-hydrogen) atoms. The summed E-state index contributed by atoms with van der Waals surface area (Å²) in [7, 11) is 4.00. The molecule has 0 spiro atoms. The Bertz CT molecular complexity index is 1040. The summed E-state index contributed by atoms with van der Waals surface area (Å²) in [5.74, 6) is 0.214. The molecule has 1 N–H and O–H groups in total. The summed E-state index contributed by atoms with van der Waals surface area (Å²) in [4.78, 5) is 19.8. The van der Waals surface area contributed by atoms with Crippen molar-refractivity contribution in [2.24, 2.45) is 12.0 Å². The quantitative estimate of drug-likeness (QED) is 0.874. The molecule has 1 aromatic heterocycles. The van der Waals surface area contributed by atoms with E-state index in [0.717, 1.165) is 46.6 Å². The number of benzene rings is 1. The van der Waals surface area contributed by atoms with Gasteiger partial charge in [-0.1, -0.05) is 12.1 Å². The van der Waals surface area contributed by atoms with Gasteiger partial charge in [0.05, 0.1) is 5.70 Å². The van der Waals surface area contributed by atoms with Crippen LogP contribution in [0.15, 0.2) is 47.2 Å². The van der Waals surface area contributed by atoms with E-state index in [-0.39, 0.29) is 11.5 Å². The molecule has 3 heterocycles. The Morgan fingerprint density at radius 2 is 1.92 bits per heavy atom. The lowest BCUT2D eigenvalue weighted by Crippen LogP contribution is -2.34. The molecule has 0 unspecified atom stereocenters. The van der Waals surface area contributed by atoms with E-state index in [1.165, 1.54) is 5.56 Å². The zero-order valence-electron chi connectivity index (χ0n) is 14.1. The number of rotatable bonds is 1. The van der Waals surface area contributed by atoms with E-state index in [1.807, 2.05) is 23.7 Å². The maximum atomic E-state index is 13.1. The zero-order valence-corrected chi connectivity index (χ0v) is 14.1. The van der Waals surface area contributed by atoms with Crippen molar-refractivity contribution >= 4 is 22.8 Å². The number of aromatic hydroxyl groups is 1. The first-order valence-electron chi connectivity index (χ1n) is 8.33. The minimum absolute atomic E-state index is 0.0113. The molecule has 2 aromatic rings. The van der Waals surface area contributed by atoms with Gasteiger partial charge in [0.2, 0.25) is 5.78 Å². The molecule has 5 heteroatoms. The lowest BCUT2D eigenvalue weighted by Gasteiger charge is -2.33. The number of nitrogens with zero attached hydrogens (tertiary/aromatic N) is 3. The van der Waals surface area contributed by atoms with Gasteiger partial charge < -0.3 is 14.6 Å². The Morgan fingerprint density at radius 3 is 2.68 bits per heavy atom. The van der Waals surface area contributed by atoms with E-state index in [0.29, 0.717) is 5.71 Å².